The molecule has 1 aromatic carbocycles. The molecule has 40 heavy (non-hydrogen) atoms. The third-order valence-corrected chi connectivity index (χ3v) is 7.81. The van der Waals surface area contributed by atoms with Gasteiger partial charge in [0.1, 0.15) is 35.8 Å². The molecule has 3 aromatic rings. The predicted molar refractivity (Wildman–Crippen MR) is 134 cm³/mol. The van der Waals surface area contributed by atoms with Crippen LogP contribution in [-0.4, -0.2) is 97.7 Å². The van der Waals surface area contributed by atoms with E-state index in [1.807, 2.05) is 0 Å². The number of methoxy groups -OCH3 is 1. The maximum Gasteiger partial charge on any atom is 0.407 e. The number of ether oxygens (including phenoxy) is 2. The van der Waals surface area contributed by atoms with Crippen LogP contribution in [0.1, 0.15) is 36.3 Å². The van der Waals surface area contributed by atoms with Gasteiger partial charge in [0.15, 0.2) is 11.6 Å². The first-order chi connectivity index (χ1) is 19.2. The summed E-state index contributed by atoms with van der Waals surface area (Å²) in [5, 5.41) is 41.9. The molecule has 0 aliphatic carbocycles. The highest BCUT2D eigenvalue weighted by atomic mass is 35.5. The summed E-state index contributed by atoms with van der Waals surface area (Å²) in [6, 6.07) is 3.36. The molecule has 2 aromatic heterocycles. The van der Waals surface area contributed by atoms with Crippen LogP contribution in [0.4, 0.5) is 13.6 Å². The van der Waals surface area contributed by atoms with Crippen molar-refractivity contribution < 1.29 is 42.9 Å². The zero-order valence-corrected chi connectivity index (χ0v) is 22.1. The topological polar surface area (TPSA) is 156 Å². The summed E-state index contributed by atoms with van der Waals surface area (Å²) in [7, 11) is 1.43. The molecule has 0 saturated carbocycles. The Balaban J connectivity index is 1.36. The summed E-state index contributed by atoms with van der Waals surface area (Å²) < 4.78 is 47.1. The first kappa shape index (κ1) is 28.4. The van der Waals surface area contributed by atoms with Gasteiger partial charge in [-0.25, -0.2) is 18.3 Å². The van der Waals surface area contributed by atoms with E-state index in [1.54, 1.807) is 6.07 Å². The molecule has 0 spiro atoms. The molecular formula is C25H28ClF2N5O7. The zero-order chi connectivity index (χ0) is 28.6. The Hall–Kier alpha value is -3.17. The van der Waals surface area contributed by atoms with Crippen LogP contribution in [0.15, 0.2) is 28.9 Å². The number of likely N-dealkylation sites (tertiary alicyclic amines) is 1. The van der Waals surface area contributed by atoms with E-state index in [2.05, 4.69) is 15.5 Å². The van der Waals surface area contributed by atoms with Gasteiger partial charge in [-0.1, -0.05) is 22.0 Å². The van der Waals surface area contributed by atoms with Crippen molar-refractivity contribution in [2.75, 3.05) is 26.8 Å². The Morgan fingerprint density at radius 2 is 1.98 bits per heavy atom. The summed E-state index contributed by atoms with van der Waals surface area (Å²) >= 11 is 5.66. The second-order valence-corrected chi connectivity index (χ2v) is 10.3. The Morgan fingerprint density at radius 3 is 2.65 bits per heavy atom. The number of hydrogen-bond donors (Lipinski definition) is 3. The molecule has 216 valence electrons. The number of piperidine rings is 1. The van der Waals surface area contributed by atoms with E-state index in [-0.39, 0.29) is 28.6 Å². The molecule has 15 heteroatoms. The average Bonchev–Trinajstić information content (AvgIpc) is 3.62. The van der Waals surface area contributed by atoms with Gasteiger partial charge in [-0.05, 0) is 25.0 Å². The van der Waals surface area contributed by atoms with Gasteiger partial charge in [-0.3, -0.25) is 0 Å². The fourth-order valence-electron chi connectivity index (χ4n) is 5.38. The van der Waals surface area contributed by atoms with E-state index in [4.69, 9.17) is 30.7 Å². The summed E-state index contributed by atoms with van der Waals surface area (Å²) in [5.41, 5.74) is 0.393. The van der Waals surface area contributed by atoms with Crippen LogP contribution in [-0.2, 0) is 15.9 Å². The Bertz CT molecular complexity index is 1350. The highest BCUT2D eigenvalue weighted by molar-refractivity contribution is 6.30. The van der Waals surface area contributed by atoms with E-state index in [0.29, 0.717) is 37.4 Å². The van der Waals surface area contributed by atoms with Gasteiger partial charge in [-0.2, -0.15) is 0 Å². The summed E-state index contributed by atoms with van der Waals surface area (Å²) in [5.74, 6) is -1.74. The number of amides is 1. The molecule has 2 fully saturated rings. The highest BCUT2D eigenvalue weighted by Gasteiger charge is 2.47. The van der Waals surface area contributed by atoms with E-state index < -0.39 is 54.8 Å². The Labute approximate surface area is 232 Å². The second-order valence-electron chi connectivity index (χ2n) is 9.85. The monoisotopic (exact) mass is 583 g/mol. The molecule has 5 rings (SSSR count). The minimum atomic E-state index is -1.28. The number of hydrogen-bond acceptors (Lipinski definition) is 9. The van der Waals surface area contributed by atoms with Crippen molar-refractivity contribution in [2.45, 2.75) is 55.6 Å². The highest BCUT2D eigenvalue weighted by Crippen LogP contribution is 2.35. The summed E-state index contributed by atoms with van der Waals surface area (Å²) in [6.07, 6.45) is -1.99. The molecule has 1 amide bonds. The number of rotatable bonds is 7. The van der Waals surface area contributed by atoms with Gasteiger partial charge < -0.3 is 34.2 Å². The van der Waals surface area contributed by atoms with Gasteiger partial charge in [-0.15, -0.1) is 5.10 Å². The molecule has 5 atom stereocenters. The van der Waals surface area contributed by atoms with Crippen molar-refractivity contribution >= 4 is 17.7 Å². The number of carbonyl (C=O) groups is 1. The van der Waals surface area contributed by atoms with Crippen LogP contribution in [0.5, 0.6) is 0 Å². The number of nitrogens with zero attached hydrogens (tertiary/aromatic N) is 5. The summed E-state index contributed by atoms with van der Waals surface area (Å²) in [6.45, 7) is 0.296. The minimum absolute atomic E-state index is 0.00815. The molecule has 3 N–H and O–H groups in total. The van der Waals surface area contributed by atoms with Crippen LogP contribution in [0.25, 0.3) is 11.3 Å². The van der Waals surface area contributed by atoms with E-state index >= 15 is 0 Å². The lowest BCUT2D eigenvalue weighted by molar-refractivity contribution is -0.212. The molecule has 2 aliphatic rings. The minimum Gasteiger partial charge on any atom is -0.465 e. The number of aliphatic hydroxyl groups is 2. The normalized spacial score (nSPS) is 25.9. The number of aromatic nitrogens is 4. The maximum atomic E-state index is 14.5. The van der Waals surface area contributed by atoms with Crippen molar-refractivity contribution in [3.63, 3.8) is 0 Å². The first-order valence-electron chi connectivity index (χ1n) is 12.7. The van der Waals surface area contributed by atoms with E-state index in [0.717, 1.165) is 0 Å². The van der Waals surface area contributed by atoms with E-state index in [1.165, 1.54) is 35.0 Å². The van der Waals surface area contributed by atoms with Gasteiger partial charge in [0.05, 0.1) is 29.6 Å². The fourth-order valence-corrected chi connectivity index (χ4v) is 5.52. The van der Waals surface area contributed by atoms with Crippen molar-refractivity contribution in [3.8, 4) is 11.3 Å². The van der Waals surface area contributed by atoms with Crippen LogP contribution in [0, 0.1) is 11.6 Å². The van der Waals surface area contributed by atoms with Crippen LogP contribution in [0.3, 0.4) is 0 Å². The average molecular weight is 584 g/mol. The van der Waals surface area contributed by atoms with Gasteiger partial charge in [0, 0.05) is 44.2 Å². The van der Waals surface area contributed by atoms with Crippen LogP contribution in [0.2, 0.25) is 5.02 Å². The third-order valence-electron chi connectivity index (χ3n) is 7.52. The molecular weight excluding hydrogens is 556 g/mol. The van der Waals surface area contributed by atoms with Gasteiger partial charge in [0.25, 0.3) is 0 Å². The lowest BCUT2D eigenvalue weighted by Crippen LogP contribution is -2.57. The Morgan fingerprint density at radius 1 is 1.23 bits per heavy atom. The smallest absolute Gasteiger partial charge is 0.407 e. The van der Waals surface area contributed by atoms with Gasteiger partial charge in [0.2, 0.25) is 0 Å². The lowest BCUT2D eigenvalue weighted by Gasteiger charge is -2.43. The van der Waals surface area contributed by atoms with E-state index in [9.17, 15) is 23.8 Å². The second kappa shape index (κ2) is 11.7. The molecule has 0 bridgehead atoms. The van der Waals surface area contributed by atoms with Crippen molar-refractivity contribution in [3.05, 3.63) is 52.5 Å². The number of benzene rings is 1. The fraction of sp³-hybridized carbons (Fsp3) is 0.520. The van der Waals surface area contributed by atoms with Crippen molar-refractivity contribution in [1.29, 1.82) is 0 Å². The largest absolute Gasteiger partial charge is 0.465 e. The number of halogens is 3. The van der Waals surface area contributed by atoms with Crippen LogP contribution < -0.4 is 0 Å². The lowest BCUT2D eigenvalue weighted by atomic mass is 9.90. The quantitative estimate of drug-likeness (QED) is 0.353. The Kier molecular flexibility index (Phi) is 8.33. The predicted octanol–water partition coefficient (Wildman–Crippen LogP) is 2.64. The third kappa shape index (κ3) is 5.41. The standard InChI is InChI=1S/C25H28ClF2N5O7/c1-38-24-18(9-13-8-17(40-30-13)12-4-6-32(7-5-12)25(36)37)39-19(11-34)23(35)22(24)33-10-16(29-31-33)14-2-3-15(26)21(28)20(14)27/h2-3,8,10,12,18-19,22-24,34-35H,4-7,9,11H2,1H3,(H,36,37)/t18-,19-,22+,23+,24+/m1/s1. The SMILES string of the molecule is CO[C@@H]1[C@@H](n2cc(-c3ccc(Cl)c(F)c3F)nn2)[C@@H](O)[C@@H](CO)O[C@@H]1Cc1cc(C2CCN(C(=O)O)CC2)on1. The molecule has 4 heterocycles. The molecule has 2 saturated heterocycles. The number of aliphatic hydroxyl groups excluding tert-OH is 2. The maximum absolute atomic E-state index is 14.5. The number of carboxylic acid groups (broad SMARTS) is 1. The molecule has 0 unspecified atom stereocenters. The molecule has 12 nitrogen and oxygen atoms in total. The van der Waals surface area contributed by atoms with Crippen molar-refractivity contribution in [2.24, 2.45) is 0 Å². The molecule has 2 aliphatic heterocycles. The summed E-state index contributed by atoms with van der Waals surface area (Å²) in [4.78, 5) is 12.5. The van der Waals surface area contributed by atoms with Crippen molar-refractivity contribution in [1.82, 2.24) is 25.1 Å². The first-order valence-corrected chi connectivity index (χ1v) is 13.1. The van der Waals surface area contributed by atoms with Gasteiger partial charge >= 0.3 is 6.09 Å². The molecule has 0 radical (unpaired) electrons. The zero-order valence-electron chi connectivity index (χ0n) is 21.4. The van der Waals surface area contributed by atoms with Crippen LogP contribution >= 0.6 is 11.6 Å².